The lowest BCUT2D eigenvalue weighted by atomic mass is 10.2. The Morgan fingerprint density at radius 3 is 2.72 bits per heavy atom. The monoisotopic (exact) mass is 345 g/mol. The number of nitrogens with one attached hydrogen (secondary N) is 1. The van der Waals surface area contributed by atoms with Gasteiger partial charge in [-0.05, 0) is 24.3 Å². The van der Waals surface area contributed by atoms with Crippen LogP contribution in [0, 0.1) is 11.6 Å². The highest BCUT2D eigenvalue weighted by atomic mass is 19.1. The quantitative estimate of drug-likeness (QED) is 0.757. The van der Waals surface area contributed by atoms with Crippen LogP contribution in [0.15, 0.2) is 42.5 Å². The van der Waals surface area contributed by atoms with Gasteiger partial charge in [0.15, 0.2) is 11.5 Å². The molecule has 0 saturated heterocycles. The highest BCUT2D eigenvalue weighted by molar-refractivity contribution is 6.05. The molecule has 0 aliphatic rings. The van der Waals surface area contributed by atoms with Gasteiger partial charge in [-0.1, -0.05) is 17.3 Å². The first kappa shape index (κ1) is 16.4. The second kappa shape index (κ2) is 6.56. The molecular formula is C16H13F2N5O2. The second-order valence-electron chi connectivity index (χ2n) is 4.99. The van der Waals surface area contributed by atoms with Crippen LogP contribution in [0.4, 0.5) is 20.3 Å². The molecule has 1 heterocycles. The Morgan fingerprint density at radius 1 is 1.24 bits per heavy atom. The normalized spacial score (nSPS) is 10.5. The number of benzene rings is 2. The van der Waals surface area contributed by atoms with E-state index >= 15 is 0 Å². The van der Waals surface area contributed by atoms with Gasteiger partial charge >= 0.3 is 0 Å². The Morgan fingerprint density at radius 2 is 2.00 bits per heavy atom. The van der Waals surface area contributed by atoms with Crippen molar-refractivity contribution in [3.05, 3.63) is 59.8 Å². The van der Waals surface area contributed by atoms with Gasteiger partial charge in [-0.3, -0.25) is 4.79 Å². The molecule has 0 spiro atoms. The third-order valence-corrected chi connectivity index (χ3v) is 3.41. The lowest BCUT2D eigenvalue weighted by Gasteiger charge is -2.09. The molecular weight excluding hydrogens is 332 g/mol. The van der Waals surface area contributed by atoms with Crippen molar-refractivity contribution in [2.45, 2.75) is 0 Å². The number of hydrogen-bond donors (Lipinski definition) is 2. The van der Waals surface area contributed by atoms with Crippen LogP contribution < -0.4 is 15.8 Å². The molecule has 1 aromatic heterocycles. The van der Waals surface area contributed by atoms with Gasteiger partial charge in [-0.25, -0.2) is 8.78 Å². The van der Waals surface area contributed by atoms with E-state index in [1.165, 1.54) is 11.8 Å². The van der Waals surface area contributed by atoms with Gasteiger partial charge in [-0.2, -0.15) is 4.68 Å². The minimum atomic E-state index is -0.913. The third-order valence-electron chi connectivity index (χ3n) is 3.41. The Hall–Kier alpha value is -3.49. The molecule has 25 heavy (non-hydrogen) atoms. The molecule has 3 rings (SSSR count). The number of para-hydroxylation sites is 2. The number of nitrogen functional groups attached to an aromatic ring is 1. The van der Waals surface area contributed by atoms with E-state index in [4.69, 9.17) is 10.5 Å². The number of amides is 1. The predicted molar refractivity (Wildman–Crippen MR) is 86.6 cm³/mol. The Balaban J connectivity index is 1.91. The van der Waals surface area contributed by atoms with Crippen molar-refractivity contribution in [1.82, 2.24) is 15.0 Å². The molecule has 0 atom stereocenters. The van der Waals surface area contributed by atoms with Gasteiger partial charge < -0.3 is 15.8 Å². The van der Waals surface area contributed by atoms with E-state index in [1.807, 2.05) is 0 Å². The molecule has 0 unspecified atom stereocenters. The molecule has 9 heteroatoms. The first-order valence-corrected chi connectivity index (χ1v) is 7.12. The van der Waals surface area contributed by atoms with Gasteiger partial charge in [0.05, 0.1) is 12.8 Å². The number of ether oxygens (including phenoxy) is 1. The third kappa shape index (κ3) is 3.11. The number of hydrogen-bond acceptors (Lipinski definition) is 5. The van der Waals surface area contributed by atoms with Gasteiger partial charge in [0.2, 0.25) is 0 Å². The molecule has 0 bridgehead atoms. The summed E-state index contributed by atoms with van der Waals surface area (Å²) in [6.45, 7) is 0. The maximum absolute atomic E-state index is 13.7. The number of halogens is 2. The molecule has 0 saturated carbocycles. The van der Waals surface area contributed by atoms with Gasteiger partial charge in [0.1, 0.15) is 23.1 Å². The highest BCUT2D eigenvalue weighted by Gasteiger charge is 2.21. The summed E-state index contributed by atoms with van der Waals surface area (Å²) in [6, 6.07) is 9.67. The second-order valence-corrected chi connectivity index (χ2v) is 4.99. The molecule has 3 aromatic rings. The van der Waals surface area contributed by atoms with Crippen LogP contribution in [-0.4, -0.2) is 28.0 Å². The number of methoxy groups -OCH3 is 1. The van der Waals surface area contributed by atoms with Crippen LogP contribution in [0.3, 0.4) is 0 Å². The van der Waals surface area contributed by atoms with E-state index in [-0.39, 0.29) is 17.2 Å². The molecule has 0 radical (unpaired) electrons. The summed E-state index contributed by atoms with van der Waals surface area (Å²) in [7, 11) is 1.48. The number of carbonyl (C=O) groups is 1. The van der Waals surface area contributed by atoms with Crippen LogP contribution >= 0.6 is 0 Å². The van der Waals surface area contributed by atoms with Crippen LogP contribution in [0.2, 0.25) is 0 Å². The maximum Gasteiger partial charge on any atom is 0.280 e. The molecule has 0 aliphatic carbocycles. The van der Waals surface area contributed by atoms with Gasteiger partial charge in [0.25, 0.3) is 5.91 Å². The summed E-state index contributed by atoms with van der Waals surface area (Å²) in [5, 5.41) is 9.86. The Labute approximate surface area is 141 Å². The predicted octanol–water partition coefficient (Wildman–Crippen LogP) is 2.39. The number of nitrogens with zero attached hydrogens (tertiary/aromatic N) is 3. The molecule has 3 N–H and O–H groups in total. The SMILES string of the molecule is COc1ccccc1-n1nnc(C(=O)Nc2ccc(F)cc2F)c1N. The fraction of sp³-hybridized carbons (Fsp3) is 0.0625. The van der Waals surface area contributed by atoms with E-state index < -0.39 is 17.5 Å². The van der Waals surface area contributed by atoms with Crippen LogP contribution in [0.25, 0.3) is 5.69 Å². The molecule has 1 amide bonds. The first-order valence-electron chi connectivity index (χ1n) is 7.12. The van der Waals surface area contributed by atoms with E-state index in [9.17, 15) is 13.6 Å². The van der Waals surface area contributed by atoms with E-state index in [1.54, 1.807) is 24.3 Å². The highest BCUT2D eigenvalue weighted by Crippen LogP contribution is 2.25. The van der Waals surface area contributed by atoms with Crippen molar-refractivity contribution in [2.24, 2.45) is 0 Å². The largest absolute Gasteiger partial charge is 0.494 e. The minimum absolute atomic E-state index is 0.0514. The van der Waals surface area contributed by atoms with E-state index in [0.717, 1.165) is 12.1 Å². The molecule has 0 aliphatic heterocycles. The van der Waals surface area contributed by atoms with Crippen LogP contribution in [-0.2, 0) is 0 Å². The summed E-state index contributed by atoms with van der Waals surface area (Å²) in [6.07, 6.45) is 0. The molecule has 0 fully saturated rings. The number of anilines is 2. The van der Waals surface area contributed by atoms with Crippen LogP contribution in [0.5, 0.6) is 5.75 Å². The molecule has 7 nitrogen and oxygen atoms in total. The number of aromatic nitrogens is 3. The molecule has 2 aromatic carbocycles. The lowest BCUT2D eigenvalue weighted by Crippen LogP contribution is -2.16. The Kier molecular flexibility index (Phi) is 4.29. The van der Waals surface area contributed by atoms with Crippen LogP contribution in [0.1, 0.15) is 10.5 Å². The van der Waals surface area contributed by atoms with Crippen molar-refractivity contribution in [3.8, 4) is 11.4 Å². The first-order chi connectivity index (χ1) is 12.0. The van der Waals surface area contributed by atoms with Crippen molar-refractivity contribution in [3.63, 3.8) is 0 Å². The van der Waals surface area contributed by atoms with Crippen molar-refractivity contribution in [2.75, 3.05) is 18.2 Å². The number of rotatable bonds is 4. The van der Waals surface area contributed by atoms with E-state index in [0.29, 0.717) is 17.5 Å². The zero-order valence-electron chi connectivity index (χ0n) is 13.0. The smallest absolute Gasteiger partial charge is 0.280 e. The zero-order chi connectivity index (χ0) is 18.0. The van der Waals surface area contributed by atoms with Gasteiger partial charge in [-0.15, -0.1) is 5.10 Å². The minimum Gasteiger partial charge on any atom is -0.494 e. The van der Waals surface area contributed by atoms with Crippen molar-refractivity contribution < 1.29 is 18.3 Å². The standard InChI is InChI=1S/C16H13F2N5O2/c1-25-13-5-3-2-4-12(13)23-15(19)14(21-22-23)16(24)20-11-7-6-9(17)8-10(11)18/h2-8H,19H2,1H3,(H,20,24). The summed E-state index contributed by atoms with van der Waals surface area (Å²) < 4.78 is 33.0. The van der Waals surface area contributed by atoms with Crippen molar-refractivity contribution >= 4 is 17.4 Å². The zero-order valence-corrected chi connectivity index (χ0v) is 13.0. The van der Waals surface area contributed by atoms with Crippen molar-refractivity contribution in [1.29, 1.82) is 0 Å². The van der Waals surface area contributed by atoms with Gasteiger partial charge in [0, 0.05) is 6.07 Å². The molecule has 128 valence electrons. The number of carbonyl (C=O) groups excluding carboxylic acids is 1. The van der Waals surface area contributed by atoms with E-state index in [2.05, 4.69) is 15.6 Å². The summed E-state index contributed by atoms with van der Waals surface area (Å²) in [4.78, 5) is 12.3. The average molecular weight is 345 g/mol. The fourth-order valence-corrected chi connectivity index (χ4v) is 2.21. The number of nitrogens with two attached hydrogens (primary N) is 1. The average Bonchev–Trinajstić information content (AvgIpc) is 2.98. The fourth-order valence-electron chi connectivity index (χ4n) is 2.21. The Bertz CT molecular complexity index is 942. The summed E-state index contributed by atoms with van der Waals surface area (Å²) >= 11 is 0. The summed E-state index contributed by atoms with van der Waals surface area (Å²) in [5.74, 6) is -2.01. The topological polar surface area (TPSA) is 95.1 Å². The lowest BCUT2D eigenvalue weighted by molar-refractivity contribution is 0.102. The summed E-state index contributed by atoms with van der Waals surface area (Å²) in [5.41, 5.74) is 6.04. The maximum atomic E-state index is 13.7.